The summed E-state index contributed by atoms with van der Waals surface area (Å²) in [4.78, 5) is 4.03. The van der Waals surface area contributed by atoms with E-state index < -0.39 is 6.10 Å². The highest BCUT2D eigenvalue weighted by atomic mass is 35.5. The van der Waals surface area contributed by atoms with Crippen molar-refractivity contribution in [1.29, 1.82) is 0 Å². The molecule has 1 unspecified atom stereocenters. The lowest BCUT2D eigenvalue weighted by atomic mass is 9.99. The molecular weight excluding hydrogens is 269 g/mol. The molecule has 1 aromatic heterocycles. The van der Waals surface area contributed by atoms with Crippen LogP contribution in [0.1, 0.15) is 22.8 Å². The van der Waals surface area contributed by atoms with Gasteiger partial charge in [0.15, 0.2) is 0 Å². The first-order chi connectivity index (χ1) is 8.58. The maximum absolute atomic E-state index is 10.2. The van der Waals surface area contributed by atoms with Crippen LogP contribution < -0.4 is 0 Å². The Kier molecular flexibility index (Phi) is 4.23. The van der Waals surface area contributed by atoms with E-state index in [9.17, 15) is 5.11 Å². The molecule has 1 heterocycles. The minimum atomic E-state index is -0.630. The second-order valence-electron chi connectivity index (χ2n) is 4.19. The topological polar surface area (TPSA) is 33.1 Å². The van der Waals surface area contributed by atoms with Crippen molar-refractivity contribution < 1.29 is 5.11 Å². The Morgan fingerprint density at radius 2 is 2.06 bits per heavy atom. The number of hydrogen-bond donors (Lipinski definition) is 1. The minimum absolute atomic E-state index is 0.423. The summed E-state index contributed by atoms with van der Waals surface area (Å²) < 4.78 is 0. The summed E-state index contributed by atoms with van der Waals surface area (Å²) in [5, 5.41) is 11.5. The summed E-state index contributed by atoms with van der Waals surface area (Å²) in [7, 11) is 0. The molecule has 2 rings (SSSR count). The number of hydrogen-bond acceptors (Lipinski definition) is 2. The van der Waals surface area contributed by atoms with Crippen LogP contribution in [0.25, 0.3) is 0 Å². The van der Waals surface area contributed by atoms with Gasteiger partial charge in [0.1, 0.15) is 0 Å². The molecular formula is C14H13Cl2NO. The summed E-state index contributed by atoms with van der Waals surface area (Å²) in [6, 6.07) is 7.12. The summed E-state index contributed by atoms with van der Waals surface area (Å²) >= 11 is 12.0. The molecule has 2 nitrogen and oxygen atoms in total. The highest BCUT2D eigenvalue weighted by Crippen LogP contribution is 2.27. The average molecular weight is 282 g/mol. The number of pyridine rings is 1. The third-order valence-corrected chi connectivity index (χ3v) is 3.46. The van der Waals surface area contributed by atoms with Gasteiger partial charge >= 0.3 is 0 Å². The lowest BCUT2D eigenvalue weighted by molar-refractivity contribution is 0.177. The summed E-state index contributed by atoms with van der Waals surface area (Å²) in [6.07, 6.45) is 3.18. The highest BCUT2D eigenvalue weighted by Gasteiger charge is 2.13. The van der Waals surface area contributed by atoms with Gasteiger partial charge in [-0.25, -0.2) is 0 Å². The number of aliphatic hydroxyl groups is 1. The van der Waals surface area contributed by atoms with E-state index in [-0.39, 0.29) is 0 Å². The fourth-order valence-electron chi connectivity index (χ4n) is 1.84. The van der Waals surface area contributed by atoms with Crippen molar-refractivity contribution >= 4 is 23.2 Å². The molecule has 0 aliphatic carbocycles. The number of aryl methyl sites for hydroxylation is 1. The summed E-state index contributed by atoms with van der Waals surface area (Å²) in [5.74, 6) is 0. The van der Waals surface area contributed by atoms with Crippen LogP contribution in [-0.2, 0) is 6.42 Å². The van der Waals surface area contributed by atoms with Gasteiger partial charge in [-0.15, -0.1) is 0 Å². The van der Waals surface area contributed by atoms with Crippen molar-refractivity contribution in [2.24, 2.45) is 0 Å². The summed E-state index contributed by atoms with van der Waals surface area (Å²) in [5.41, 5.74) is 2.66. The van der Waals surface area contributed by atoms with Crippen LogP contribution in [0.3, 0.4) is 0 Å². The van der Waals surface area contributed by atoms with Crippen LogP contribution in [0.4, 0.5) is 0 Å². The average Bonchev–Trinajstić information content (AvgIpc) is 2.34. The van der Waals surface area contributed by atoms with Crippen molar-refractivity contribution in [3.8, 4) is 0 Å². The van der Waals surface area contributed by atoms with Gasteiger partial charge in [0.2, 0.25) is 0 Å². The Morgan fingerprint density at radius 1 is 1.28 bits per heavy atom. The Balaban J connectivity index is 2.24. The monoisotopic (exact) mass is 281 g/mol. The largest absolute Gasteiger partial charge is 0.388 e. The van der Waals surface area contributed by atoms with E-state index in [1.807, 2.05) is 13.0 Å². The Hall–Kier alpha value is -1.09. The number of rotatable bonds is 3. The van der Waals surface area contributed by atoms with Crippen LogP contribution in [0.2, 0.25) is 10.0 Å². The molecule has 0 aliphatic heterocycles. The lowest BCUT2D eigenvalue weighted by Crippen LogP contribution is -2.04. The van der Waals surface area contributed by atoms with Crippen molar-refractivity contribution in [2.75, 3.05) is 0 Å². The van der Waals surface area contributed by atoms with Crippen molar-refractivity contribution in [3.63, 3.8) is 0 Å². The van der Waals surface area contributed by atoms with E-state index >= 15 is 0 Å². The molecule has 0 aliphatic rings. The molecule has 1 aromatic carbocycles. The number of halogens is 2. The molecule has 0 spiro atoms. The SMILES string of the molecule is Cc1ccncc1C(O)Cc1cc(Cl)ccc1Cl. The first-order valence-corrected chi connectivity index (χ1v) is 6.36. The van der Waals surface area contributed by atoms with E-state index in [1.54, 1.807) is 30.6 Å². The molecule has 1 N–H and O–H groups in total. The minimum Gasteiger partial charge on any atom is -0.388 e. The quantitative estimate of drug-likeness (QED) is 0.923. The predicted molar refractivity (Wildman–Crippen MR) is 74.1 cm³/mol. The fourth-order valence-corrected chi connectivity index (χ4v) is 2.23. The van der Waals surface area contributed by atoms with Gasteiger partial charge in [0.05, 0.1) is 6.10 Å². The van der Waals surface area contributed by atoms with Crippen molar-refractivity contribution in [3.05, 3.63) is 63.4 Å². The van der Waals surface area contributed by atoms with Crippen molar-refractivity contribution in [2.45, 2.75) is 19.4 Å². The second kappa shape index (κ2) is 5.70. The van der Waals surface area contributed by atoms with E-state index in [0.717, 1.165) is 16.7 Å². The third kappa shape index (κ3) is 3.02. The maximum Gasteiger partial charge on any atom is 0.0848 e. The number of benzene rings is 1. The molecule has 94 valence electrons. The van der Waals surface area contributed by atoms with Crippen LogP contribution in [0.15, 0.2) is 36.7 Å². The van der Waals surface area contributed by atoms with Gasteiger partial charge in [-0.1, -0.05) is 23.2 Å². The Labute approximate surface area is 116 Å². The lowest BCUT2D eigenvalue weighted by Gasteiger charge is -2.14. The summed E-state index contributed by atoms with van der Waals surface area (Å²) in [6.45, 7) is 1.94. The zero-order valence-corrected chi connectivity index (χ0v) is 11.4. The van der Waals surface area contributed by atoms with Gasteiger partial charge in [0.25, 0.3) is 0 Å². The van der Waals surface area contributed by atoms with Crippen molar-refractivity contribution in [1.82, 2.24) is 4.98 Å². The van der Waals surface area contributed by atoms with E-state index in [0.29, 0.717) is 16.5 Å². The van der Waals surface area contributed by atoms with E-state index in [1.165, 1.54) is 0 Å². The normalized spacial score (nSPS) is 12.4. The van der Waals surface area contributed by atoms with Crippen LogP contribution in [0, 0.1) is 6.92 Å². The molecule has 0 saturated heterocycles. The smallest absolute Gasteiger partial charge is 0.0848 e. The predicted octanol–water partition coefficient (Wildman–Crippen LogP) is 3.97. The molecule has 1 atom stereocenters. The number of nitrogens with zero attached hydrogens (tertiary/aromatic N) is 1. The molecule has 4 heteroatoms. The first kappa shape index (κ1) is 13.3. The number of aliphatic hydroxyl groups excluding tert-OH is 1. The molecule has 2 aromatic rings. The van der Waals surface area contributed by atoms with Gasteiger partial charge in [-0.2, -0.15) is 0 Å². The molecule has 18 heavy (non-hydrogen) atoms. The van der Waals surface area contributed by atoms with Crippen LogP contribution in [-0.4, -0.2) is 10.1 Å². The zero-order valence-electron chi connectivity index (χ0n) is 9.90. The van der Waals surface area contributed by atoms with E-state index in [2.05, 4.69) is 4.98 Å². The van der Waals surface area contributed by atoms with Gasteiger partial charge in [-0.3, -0.25) is 4.98 Å². The zero-order chi connectivity index (χ0) is 13.1. The van der Waals surface area contributed by atoms with E-state index in [4.69, 9.17) is 23.2 Å². The Bertz CT molecular complexity index is 557. The highest BCUT2D eigenvalue weighted by molar-refractivity contribution is 6.33. The van der Waals surface area contributed by atoms with Gasteiger partial charge < -0.3 is 5.11 Å². The molecule has 0 bridgehead atoms. The van der Waals surface area contributed by atoms with Crippen LogP contribution in [0.5, 0.6) is 0 Å². The van der Waals surface area contributed by atoms with Gasteiger partial charge in [-0.05, 0) is 42.3 Å². The molecule has 0 saturated carbocycles. The second-order valence-corrected chi connectivity index (χ2v) is 5.03. The fraction of sp³-hybridized carbons (Fsp3) is 0.214. The molecule has 0 radical (unpaired) electrons. The Morgan fingerprint density at radius 3 is 2.78 bits per heavy atom. The standard InChI is InChI=1S/C14H13Cl2NO/c1-9-4-5-17-8-12(9)14(18)7-10-6-11(15)2-3-13(10)16/h2-6,8,14,18H,7H2,1H3. The first-order valence-electron chi connectivity index (χ1n) is 5.60. The maximum atomic E-state index is 10.2. The molecule has 0 fully saturated rings. The number of aromatic nitrogens is 1. The third-order valence-electron chi connectivity index (χ3n) is 2.86. The van der Waals surface area contributed by atoms with Crippen LogP contribution >= 0.6 is 23.2 Å². The molecule has 0 amide bonds. The van der Waals surface area contributed by atoms with Gasteiger partial charge in [0, 0.05) is 34.4 Å².